The van der Waals surface area contributed by atoms with Crippen LogP contribution >= 0.6 is 15.9 Å². The van der Waals surface area contributed by atoms with Gasteiger partial charge in [0.15, 0.2) is 11.6 Å². The van der Waals surface area contributed by atoms with E-state index in [4.69, 9.17) is 5.73 Å². The third-order valence-electron chi connectivity index (χ3n) is 1.40. The summed E-state index contributed by atoms with van der Waals surface area (Å²) in [5.74, 6) is -0.720. The van der Waals surface area contributed by atoms with Gasteiger partial charge >= 0.3 is 6.09 Å². The SMILES string of the molecule is NC(=O)Oc1c(F)cccc1CBr. The number of carbonyl (C=O) groups excluding carboxylic acids is 1. The zero-order valence-electron chi connectivity index (χ0n) is 6.59. The summed E-state index contributed by atoms with van der Waals surface area (Å²) < 4.78 is 17.5. The summed E-state index contributed by atoms with van der Waals surface area (Å²) in [4.78, 5) is 10.4. The molecule has 0 unspecified atom stereocenters. The van der Waals surface area contributed by atoms with Crippen molar-refractivity contribution < 1.29 is 13.9 Å². The predicted octanol–water partition coefficient (Wildman–Crippen LogP) is 2.18. The van der Waals surface area contributed by atoms with Crippen molar-refractivity contribution in [1.29, 1.82) is 0 Å². The van der Waals surface area contributed by atoms with Gasteiger partial charge in [0.05, 0.1) is 0 Å². The number of nitrogens with two attached hydrogens (primary N) is 1. The van der Waals surface area contributed by atoms with Crippen molar-refractivity contribution in [1.82, 2.24) is 0 Å². The van der Waals surface area contributed by atoms with Crippen LogP contribution in [0.5, 0.6) is 5.75 Å². The first-order valence-corrected chi connectivity index (χ1v) is 4.58. The highest BCUT2D eigenvalue weighted by Crippen LogP contribution is 2.24. The van der Waals surface area contributed by atoms with Gasteiger partial charge in [-0.05, 0) is 6.07 Å². The fourth-order valence-electron chi connectivity index (χ4n) is 0.874. The Bertz CT molecular complexity index is 330. The average Bonchev–Trinajstić information content (AvgIpc) is 2.08. The smallest absolute Gasteiger partial charge is 0.407 e. The largest absolute Gasteiger partial charge is 0.410 e. The molecule has 1 aromatic rings. The summed E-state index contributed by atoms with van der Waals surface area (Å²) in [7, 11) is 0. The van der Waals surface area contributed by atoms with Crippen molar-refractivity contribution in [3.05, 3.63) is 29.6 Å². The van der Waals surface area contributed by atoms with Gasteiger partial charge in [0.2, 0.25) is 0 Å². The molecular weight excluding hydrogens is 241 g/mol. The van der Waals surface area contributed by atoms with Crippen LogP contribution in [0.4, 0.5) is 9.18 Å². The Labute approximate surface area is 82.8 Å². The highest BCUT2D eigenvalue weighted by Gasteiger charge is 2.10. The minimum Gasteiger partial charge on any atom is -0.407 e. The van der Waals surface area contributed by atoms with E-state index in [-0.39, 0.29) is 5.75 Å². The third-order valence-corrected chi connectivity index (χ3v) is 2.00. The van der Waals surface area contributed by atoms with Gasteiger partial charge in [-0.3, -0.25) is 0 Å². The predicted molar refractivity (Wildman–Crippen MR) is 49.2 cm³/mol. The molecule has 3 nitrogen and oxygen atoms in total. The highest BCUT2D eigenvalue weighted by molar-refractivity contribution is 9.08. The topological polar surface area (TPSA) is 52.3 Å². The summed E-state index contributed by atoms with van der Waals surface area (Å²) in [6.07, 6.45) is -1.02. The molecule has 13 heavy (non-hydrogen) atoms. The van der Waals surface area contributed by atoms with Gasteiger partial charge in [0.25, 0.3) is 0 Å². The lowest BCUT2D eigenvalue weighted by molar-refractivity contribution is 0.208. The fraction of sp³-hybridized carbons (Fsp3) is 0.125. The quantitative estimate of drug-likeness (QED) is 0.815. The lowest BCUT2D eigenvalue weighted by Gasteiger charge is -2.06. The number of alkyl halides is 1. The van der Waals surface area contributed by atoms with Gasteiger partial charge in [0.1, 0.15) is 0 Å². The van der Waals surface area contributed by atoms with Crippen molar-refractivity contribution >= 4 is 22.0 Å². The number of primary amides is 1. The van der Waals surface area contributed by atoms with Crippen molar-refractivity contribution in [3.63, 3.8) is 0 Å². The van der Waals surface area contributed by atoms with Crippen LogP contribution in [-0.4, -0.2) is 6.09 Å². The van der Waals surface area contributed by atoms with Crippen LogP contribution in [0.3, 0.4) is 0 Å². The molecule has 1 rings (SSSR count). The van der Waals surface area contributed by atoms with Crippen molar-refractivity contribution in [3.8, 4) is 5.75 Å². The molecule has 0 atom stereocenters. The Balaban J connectivity index is 3.07. The molecular formula is C8H7BrFNO2. The average molecular weight is 248 g/mol. The van der Waals surface area contributed by atoms with Gasteiger partial charge in [0, 0.05) is 10.9 Å². The Morgan fingerprint density at radius 1 is 1.62 bits per heavy atom. The minimum atomic E-state index is -1.02. The molecule has 0 bridgehead atoms. The van der Waals surface area contributed by atoms with Crippen LogP contribution in [0.2, 0.25) is 0 Å². The molecule has 0 aliphatic heterocycles. The van der Waals surface area contributed by atoms with Crippen molar-refractivity contribution in [2.45, 2.75) is 5.33 Å². The summed E-state index contributed by atoms with van der Waals surface area (Å²) in [5, 5.41) is 0.396. The molecule has 0 saturated heterocycles. The van der Waals surface area contributed by atoms with Crippen molar-refractivity contribution in [2.24, 2.45) is 5.73 Å². The molecule has 5 heteroatoms. The van der Waals surface area contributed by atoms with E-state index in [9.17, 15) is 9.18 Å². The molecule has 0 aliphatic rings. The molecule has 70 valence electrons. The Kier molecular flexibility index (Phi) is 3.25. The van der Waals surface area contributed by atoms with Crippen LogP contribution in [0.25, 0.3) is 0 Å². The Hall–Kier alpha value is -1.10. The number of benzene rings is 1. The minimum absolute atomic E-state index is 0.119. The summed E-state index contributed by atoms with van der Waals surface area (Å²) in [6.45, 7) is 0. The second kappa shape index (κ2) is 4.23. The zero-order chi connectivity index (χ0) is 9.84. The number of hydrogen-bond donors (Lipinski definition) is 1. The first-order valence-electron chi connectivity index (χ1n) is 3.45. The molecule has 1 amide bonds. The maximum Gasteiger partial charge on any atom is 0.410 e. The van der Waals surface area contributed by atoms with Gasteiger partial charge in [-0.15, -0.1) is 0 Å². The summed E-state index contributed by atoms with van der Waals surface area (Å²) in [5.41, 5.74) is 5.31. The second-order valence-corrected chi connectivity index (χ2v) is 2.84. The molecule has 0 fully saturated rings. The number of hydrogen-bond acceptors (Lipinski definition) is 2. The molecule has 1 aromatic carbocycles. The van der Waals surface area contributed by atoms with E-state index in [1.165, 1.54) is 12.1 Å². The van der Waals surface area contributed by atoms with Crippen LogP contribution in [0, 0.1) is 5.82 Å². The second-order valence-electron chi connectivity index (χ2n) is 2.28. The number of para-hydroxylation sites is 1. The summed E-state index contributed by atoms with van der Waals surface area (Å²) in [6, 6.07) is 4.36. The Morgan fingerprint density at radius 2 is 2.31 bits per heavy atom. The van der Waals surface area contributed by atoms with Gasteiger partial charge in [-0.25, -0.2) is 9.18 Å². The van der Waals surface area contributed by atoms with Gasteiger partial charge in [-0.1, -0.05) is 28.1 Å². The number of carbonyl (C=O) groups is 1. The maximum atomic E-state index is 13.0. The number of rotatable bonds is 2. The van der Waals surface area contributed by atoms with Crippen LogP contribution in [-0.2, 0) is 5.33 Å². The maximum absolute atomic E-state index is 13.0. The van der Waals surface area contributed by atoms with Crippen LogP contribution in [0.1, 0.15) is 5.56 Å². The van der Waals surface area contributed by atoms with E-state index in [2.05, 4.69) is 20.7 Å². The number of halogens is 2. The molecule has 0 heterocycles. The lowest BCUT2D eigenvalue weighted by Crippen LogP contribution is -2.17. The van der Waals surface area contributed by atoms with E-state index >= 15 is 0 Å². The standard InChI is InChI=1S/C8H7BrFNO2/c9-4-5-2-1-3-6(10)7(5)13-8(11)12/h1-3H,4H2,(H2,11,12). The van der Waals surface area contributed by atoms with E-state index in [0.29, 0.717) is 10.9 Å². The lowest BCUT2D eigenvalue weighted by atomic mass is 10.2. The fourth-order valence-corrected chi connectivity index (χ4v) is 1.32. The Morgan fingerprint density at radius 3 is 2.85 bits per heavy atom. The molecule has 0 radical (unpaired) electrons. The molecule has 2 N–H and O–H groups in total. The van der Waals surface area contributed by atoms with Crippen LogP contribution < -0.4 is 10.5 Å². The first kappa shape index (κ1) is 9.98. The monoisotopic (exact) mass is 247 g/mol. The molecule has 0 saturated carbocycles. The highest BCUT2D eigenvalue weighted by atomic mass is 79.9. The van der Waals surface area contributed by atoms with E-state index in [1.807, 2.05) is 0 Å². The normalized spacial score (nSPS) is 9.69. The molecule has 0 aliphatic carbocycles. The van der Waals surface area contributed by atoms with Crippen molar-refractivity contribution in [2.75, 3.05) is 0 Å². The number of ether oxygens (including phenoxy) is 1. The summed E-state index contributed by atoms with van der Waals surface area (Å²) >= 11 is 3.13. The molecule has 0 aromatic heterocycles. The molecule has 0 spiro atoms. The van der Waals surface area contributed by atoms with E-state index < -0.39 is 11.9 Å². The first-order chi connectivity index (χ1) is 6.15. The van der Waals surface area contributed by atoms with Gasteiger partial charge in [-0.2, -0.15) is 0 Å². The van der Waals surface area contributed by atoms with E-state index in [1.54, 1.807) is 6.07 Å². The zero-order valence-corrected chi connectivity index (χ0v) is 8.17. The third kappa shape index (κ3) is 2.42. The number of amides is 1. The van der Waals surface area contributed by atoms with Gasteiger partial charge < -0.3 is 10.5 Å². The van der Waals surface area contributed by atoms with E-state index in [0.717, 1.165) is 0 Å². The van der Waals surface area contributed by atoms with Crippen LogP contribution in [0.15, 0.2) is 18.2 Å².